The molecular weight excluding hydrogens is 398 g/mol. The van der Waals surface area contributed by atoms with E-state index in [1.807, 2.05) is 42.5 Å². The van der Waals surface area contributed by atoms with Gasteiger partial charge in [-0.2, -0.15) is 9.61 Å². The van der Waals surface area contributed by atoms with Gasteiger partial charge in [0, 0.05) is 23.0 Å². The number of methoxy groups -OCH3 is 2. The van der Waals surface area contributed by atoms with Gasteiger partial charge in [0.25, 0.3) is 0 Å². The fraction of sp³-hybridized carbons (Fsp3) is 0.211. The number of hydrogen-bond acceptors (Lipinski definition) is 7. The van der Waals surface area contributed by atoms with E-state index in [9.17, 15) is 0 Å². The lowest BCUT2D eigenvalue weighted by Crippen LogP contribution is -2.13. The van der Waals surface area contributed by atoms with Gasteiger partial charge in [-0.1, -0.05) is 29.0 Å². The molecule has 0 aliphatic heterocycles. The molecule has 2 N–H and O–H groups in total. The van der Waals surface area contributed by atoms with Crippen molar-refractivity contribution >= 4 is 27.9 Å². The monoisotopic (exact) mass is 415 g/mol. The van der Waals surface area contributed by atoms with Gasteiger partial charge in [-0.15, -0.1) is 10.2 Å². The molecule has 1 unspecified atom stereocenters. The van der Waals surface area contributed by atoms with Crippen molar-refractivity contribution in [3.8, 4) is 22.9 Å². The smallest absolute Gasteiger partial charge is 0.234 e. The summed E-state index contributed by atoms with van der Waals surface area (Å²) in [6, 6.07) is 12.9. The number of nitrogens with two attached hydrogens (primary N) is 1. The second-order valence-electron chi connectivity index (χ2n) is 6.15. The summed E-state index contributed by atoms with van der Waals surface area (Å²) in [7, 11) is 3.21. The summed E-state index contributed by atoms with van der Waals surface area (Å²) in [5.74, 6) is 2.00. The third-order valence-electron chi connectivity index (χ3n) is 4.37. The molecular formula is C19H18ClN5O2S. The van der Waals surface area contributed by atoms with Crippen LogP contribution in [-0.4, -0.2) is 34.0 Å². The van der Waals surface area contributed by atoms with Crippen LogP contribution in [0.5, 0.6) is 11.5 Å². The molecule has 9 heteroatoms. The summed E-state index contributed by atoms with van der Waals surface area (Å²) in [5.41, 5.74) is 8.26. The first-order chi connectivity index (χ1) is 13.6. The number of rotatable bonds is 6. The number of ether oxygens (including phenoxy) is 2. The van der Waals surface area contributed by atoms with Crippen molar-refractivity contribution in [1.82, 2.24) is 19.8 Å². The lowest BCUT2D eigenvalue weighted by Gasteiger charge is -2.13. The predicted molar refractivity (Wildman–Crippen MR) is 109 cm³/mol. The summed E-state index contributed by atoms with van der Waals surface area (Å²) in [6.45, 7) is 0. The molecule has 0 saturated carbocycles. The zero-order valence-electron chi connectivity index (χ0n) is 15.3. The van der Waals surface area contributed by atoms with Crippen LogP contribution >= 0.6 is 22.9 Å². The van der Waals surface area contributed by atoms with Crippen LogP contribution in [-0.2, 0) is 6.42 Å². The Kier molecular flexibility index (Phi) is 5.17. The van der Waals surface area contributed by atoms with E-state index in [0.29, 0.717) is 28.8 Å². The molecule has 0 bridgehead atoms. The molecule has 4 aromatic rings. The molecule has 0 radical (unpaired) electrons. The molecule has 0 spiro atoms. The summed E-state index contributed by atoms with van der Waals surface area (Å²) in [6.07, 6.45) is 0.573. The first-order valence-electron chi connectivity index (χ1n) is 8.53. The number of benzene rings is 2. The average Bonchev–Trinajstić information content (AvgIpc) is 3.28. The quantitative estimate of drug-likeness (QED) is 0.515. The van der Waals surface area contributed by atoms with E-state index in [0.717, 1.165) is 21.1 Å². The fourth-order valence-corrected chi connectivity index (χ4v) is 3.92. The minimum Gasteiger partial charge on any atom is -0.493 e. The molecule has 4 rings (SSSR count). The van der Waals surface area contributed by atoms with Crippen LogP contribution in [0.25, 0.3) is 16.3 Å². The van der Waals surface area contributed by atoms with Gasteiger partial charge in [0.1, 0.15) is 5.01 Å². The van der Waals surface area contributed by atoms with Gasteiger partial charge in [-0.05, 0) is 42.0 Å². The number of hydrogen-bond donors (Lipinski definition) is 1. The third-order valence-corrected chi connectivity index (χ3v) is 5.54. The zero-order valence-corrected chi connectivity index (χ0v) is 16.9. The molecule has 28 heavy (non-hydrogen) atoms. The van der Waals surface area contributed by atoms with Crippen LogP contribution in [0.4, 0.5) is 0 Å². The van der Waals surface area contributed by atoms with Gasteiger partial charge in [-0.3, -0.25) is 0 Å². The highest BCUT2D eigenvalue weighted by molar-refractivity contribution is 7.16. The maximum absolute atomic E-state index is 6.41. The molecule has 1 atom stereocenters. The molecule has 0 fully saturated rings. The van der Waals surface area contributed by atoms with Crippen molar-refractivity contribution in [2.75, 3.05) is 14.2 Å². The molecule has 0 amide bonds. The van der Waals surface area contributed by atoms with Gasteiger partial charge in [0.05, 0.1) is 14.2 Å². The standard InChI is InChI=1S/C19H18ClN5O2S/c1-26-15-8-5-12(9-16(15)27-2)14(21)10-17-24-25-18(22-23-19(25)28-17)11-3-6-13(20)7-4-11/h3-9,14H,10,21H2,1-2H3. The maximum atomic E-state index is 6.41. The summed E-state index contributed by atoms with van der Waals surface area (Å²) >= 11 is 7.44. The third kappa shape index (κ3) is 3.54. The number of halogens is 1. The second-order valence-corrected chi connectivity index (χ2v) is 7.62. The molecule has 0 saturated heterocycles. The van der Waals surface area contributed by atoms with Crippen molar-refractivity contribution in [3.63, 3.8) is 0 Å². The highest BCUT2D eigenvalue weighted by Gasteiger charge is 2.17. The van der Waals surface area contributed by atoms with Crippen LogP contribution in [0.15, 0.2) is 42.5 Å². The molecule has 2 heterocycles. The molecule has 7 nitrogen and oxygen atoms in total. The van der Waals surface area contributed by atoms with E-state index < -0.39 is 0 Å². The number of fused-ring (bicyclic) bond motifs is 1. The molecule has 2 aromatic carbocycles. The highest BCUT2D eigenvalue weighted by atomic mass is 35.5. The highest BCUT2D eigenvalue weighted by Crippen LogP contribution is 2.31. The molecule has 144 valence electrons. The Morgan fingerprint density at radius 2 is 1.82 bits per heavy atom. The fourth-order valence-electron chi connectivity index (χ4n) is 2.91. The van der Waals surface area contributed by atoms with Crippen LogP contribution in [0.2, 0.25) is 5.02 Å². The van der Waals surface area contributed by atoms with E-state index >= 15 is 0 Å². The Balaban J connectivity index is 1.59. The van der Waals surface area contributed by atoms with E-state index in [4.69, 9.17) is 26.8 Å². The van der Waals surface area contributed by atoms with Gasteiger partial charge < -0.3 is 15.2 Å². The van der Waals surface area contributed by atoms with Crippen molar-refractivity contribution in [1.29, 1.82) is 0 Å². The van der Waals surface area contributed by atoms with Crippen molar-refractivity contribution < 1.29 is 9.47 Å². The minimum atomic E-state index is -0.234. The number of nitrogens with zero attached hydrogens (tertiary/aromatic N) is 4. The van der Waals surface area contributed by atoms with Crippen LogP contribution in [0.1, 0.15) is 16.6 Å². The Morgan fingerprint density at radius 3 is 2.54 bits per heavy atom. The zero-order chi connectivity index (χ0) is 19.7. The Hall–Kier alpha value is -2.68. The maximum Gasteiger partial charge on any atom is 0.234 e. The van der Waals surface area contributed by atoms with Crippen LogP contribution in [0.3, 0.4) is 0 Å². The predicted octanol–water partition coefficient (Wildman–Crippen LogP) is 3.77. The molecule has 0 aliphatic rings. The topological polar surface area (TPSA) is 87.6 Å². The van der Waals surface area contributed by atoms with Gasteiger partial charge in [0.15, 0.2) is 17.3 Å². The normalized spacial score (nSPS) is 12.3. The summed E-state index contributed by atoms with van der Waals surface area (Å²) < 4.78 is 12.4. The first-order valence-corrected chi connectivity index (χ1v) is 9.73. The van der Waals surface area contributed by atoms with Crippen molar-refractivity contribution in [3.05, 3.63) is 58.1 Å². The van der Waals surface area contributed by atoms with Crippen LogP contribution < -0.4 is 15.2 Å². The van der Waals surface area contributed by atoms with Gasteiger partial charge in [0.2, 0.25) is 4.96 Å². The van der Waals surface area contributed by atoms with Crippen molar-refractivity contribution in [2.45, 2.75) is 12.5 Å². The summed E-state index contributed by atoms with van der Waals surface area (Å²) in [5, 5.41) is 14.7. The van der Waals surface area contributed by atoms with E-state index in [1.54, 1.807) is 18.7 Å². The average molecular weight is 416 g/mol. The van der Waals surface area contributed by atoms with Crippen molar-refractivity contribution in [2.24, 2.45) is 5.73 Å². The van der Waals surface area contributed by atoms with E-state index in [1.165, 1.54) is 11.3 Å². The van der Waals surface area contributed by atoms with Gasteiger partial charge >= 0.3 is 0 Å². The minimum absolute atomic E-state index is 0.234. The first kappa shape index (κ1) is 18.7. The lowest BCUT2D eigenvalue weighted by atomic mass is 10.0. The van der Waals surface area contributed by atoms with E-state index in [-0.39, 0.29) is 6.04 Å². The molecule has 0 aliphatic carbocycles. The molecule has 2 aromatic heterocycles. The van der Waals surface area contributed by atoms with Crippen LogP contribution in [0, 0.1) is 0 Å². The summed E-state index contributed by atoms with van der Waals surface area (Å²) in [4.78, 5) is 0.722. The lowest BCUT2D eigenvalue weighted by molar-refractivity contribution is 0.354. The SMILES string of the molecule is COc1ccc(C(N)Cc2nn3c(-c4ccc(Cl)cc4)nnc3s2)cc1OC. The second kappa shape index (κ2) is 7.75. The van der Waals surface area contributed by atoms with Gasteiger partial charge in [-0.25, -0.2) is 0 Å². The Labute approximate surface area is 170 Å². The largest absolute Gasteiger partial charge is 0.493 e. The number of aromatic nitrogens is 4. The Morgan fingerprint density at radius 1 is 1.07 bits per heavy atom. The Bertz CT molecular complexity index is 1110. The van der Waals surface area contributed by atoms with E-state index in [2.05, 4.69) is 15.3 Å².